The van der Waals surface area contributed by atoms with Crippen LogP contribution in [-0.2, 0) is 0 Å². The molecule has 0 aliphatic rings. The number of fused-ring (bicyclic) bond motifs is 1. The van der Waals surface area contributed by atoms with Crippen molar-refractivity contribution in [2.75, 3.05) is 0 Å². The summed E-state index contributed by atoms with van der Waals surface area (Å²) in [6, 6.07) is 5.96. The summed E-state index contributed by atoms with van der Waals surface area (Å²) in [6.07, 6.45) is 0.153. The molecule has 0 amide bonds. The van der Waals surface area contributed by atoms with Crippen LogP contribution < -0.4 is 0 Å². The molecule has 0 saturated carbocycles. The molecule has 1 aromatic carbocycles. The number of furan rings is 1. The zero-order valence-electron chi connectivity index (χ0n) is 8.75. The fourth-order valence-electron chi connectivity index (χ4n) is 1.64. The molecule has 15 heavy (non-hydrogen) atoms. The molecule has 0 aliphatic carbocycles. The van der Waals surface area contributed by atoms with Crippen LogP contribution >= 0.6 is 15.9 Å². The Bertz CT molecular complexity index is 488. The summed E-state index contributed by atoms with van der Waals surface area (Å²) in [5.41, 5.74) is 1.98. The predicted octanol–water partition coefficient (Wildman–Crippen LogP) is 3.95. The lowest BCUT2D eigenvalue weighted by Gasteiger charge is -2.01. The normalized spacial score (nSPS) is 13.3. The number of rotatable bonds is 2. The third-order valence-corrected chi connectivity index (χ3v) is 3.04. The van der Waals surface area contributed by atoms with E-state index in [4.69, 9.17) is 4.42 Å². The highest BCUT2D eigenvalue weighted by Gasteiger charge is 2.13. The molecule has 0 spiro atoms. The zero-order chi connectivity index (χ0) is 11.0. The molecule has 80 valence electrons. The van der Waals surface area contributed by atoms with Gasteiger partial charge in [-0.2, -0.15) is 0 Å². The summed E-state index contributed by atoms with van der Waals surface area (Å²) in [7, 11) is 0. The molecule has 3 heteroatoms. The first-order valence-corrected chi connectivity index (χ1v) is 5.78. The van der Waals surface area contributed by atoms with Crippen molar-refractivity contribution in [3.63, 3.8) is 0 Å². The van der Waals surface area contributed by atoms with Crippen LogP contribution in [-0.4, -0.2) is 5.11 Å². The number of benzene rings is 1. The highest BCUT2D eigenvalue weighted by Crippen LogP contribution is 2.31. The summed E-state index contributed by atoms with van der Waals surface area (Å²) < 4.78 is 6.55. The molecule has 2 nitrogen and oxygen atoms in total. The second kappa shape index (κ2) is 3.99. The fraction of sp³-hybridized carbons (Fsp3) is 0.333. The van der Waals surface area contributed by atoms with Gasteiger partial charge in [0.15, 0.2) is 0 Å². The van der Waals surface area contributed by atoms with E-state index in [9.17, 15) is 5.11 Å². The fourth-order valence-corrected chi connectivity index (χ4v) is 2.31. The molecule has 1 atom stereocenters. The Morgan fingerprint density at radius 1 is 1.40 bits per heavy atom. The number of aliphatic hydroxyl groups excluding tert-OH is 1. The zero-order valence-corrected chi connectivity index (χ0v) is 10.3. The minimum absolute atomic E-state index is 0.510. The lowest BCUT2D eigenvalue weighted by Crippen LogP contribution is -1.90. The van der Waals surface area contributed by atoms with Gasteiger partial charge in [0.05, 0.1) is 4.47 Å². The molecule has 0 fully saturated rings. The third kappa shape index (κ3) is 1.94. The largest absolute Gasteiger partial charge is 0.457 e. The first-order chi connectivity index (χ1) is 7.11. The topological polar surface area (TPSA) is 33.4 Å². The quantitative estimate of drug-likeness (QED) is 0.895. The number of aliphatic hydroxyl groups is 1. The molecule has 2 rings (SSSR count). The van der Waals surface area contributed by atoms with E-state index in [1.54, 1.807) is 0 Å². The maximum atomic E-state index is 9.68. The molecule has 1 aromatic heterocycles. The standard InChI is InChI=1S/C12H13BrO2/c1-3-10(14)11-6-8-4-7(2)5-9(13)12(8)15-11/h4-6,10,14H,3H2,1-2H3. The van der Waals surface area contributed by atoms with Gasteiger partial charge < -0.3 is 9.52 Å². The number of aryl methyl sites for hydroxylation is 1. The van der Waals surface area contributed by atoms with Crippen LogP contribution in [0.15, 0.2) is 27.1 Å². The lowest BCUT2D eigenvalue weighted by molar-refractivity contribution is 0.148. The van der Waals surface area contributed by atoms with Crippen molar-refractivity contribution in [3.05, 3.63) is 34.0 Å². The van der Waals surface area contributed by atoms with Crippen LogP contribution in [0, 0.1) is 6.92 Å². The monoisotopic (exact) mass is 268 g/mol. The first-order valence-electron chi connectivity index (χ1n) is 4.99. The van der Waals surface area contributed by atoms with Crippen molar-refractivity contribution < 1.29 is 9.52 Å². The first kappa shape index (κ1) is 10.7. The molecule has 0 aliphatic heterocycles. The van der Waals surface area contributed by atoms with E-state index >= 15 is 0 Å². The molecule has 0 bridgehead atoms. The maximum absolute atomic E-state index is 9.68. The van der Waals surface area contributed by atoms with Gasteiger partial charge in [-0.15, -0.1) is 0 Å². The average Bonchev–Trinajstić information content (AvgIpc) is 2.60. The Labute approximate surface area is 97.0 Å². The molecule has 0 saturated heterocycles. The Kier molecular flexibility index (Phi) is 2.85. The summed E-state index contributed by atoms with van der Waals surface area (Å²) >= 11 is 3.46. The van der Waals surface area contributed by atoms with Crippen molar-refractivity contribution in [1.29, 1.82) is 0 Å². The SMILES string of the molecule is CCC(O)c1cc2cc(C)cc(Br)c2o1. The Balaban J connectivity index is 2.60. The van der Waals surface area contributed by atoms with Crippen molar-refractivity contribution in [3.8, 4) is 0 Å². The van der Waals surface area contributed by atoms with Crippen molar-refractivity contribution in [2.24, 2.45) is 0 Å². The van der Waals surface area contributed by atoms with Gasteiger partial charge in [0.1, 0.15) is 17.4 Å². The molecule has 2 aromatic rings. The van der Waals surface area contributed by atoms with Crippen LogP contribution in [0.25, 0.3) is 11.0 Å². The second-order valence-electron chi connectivity index (χ2n) is 3.74. The number of hydrogen-bond donors (Lipinski definition) is 1. The Morgan fingerprint density at radius 2 is 2.13 bits per heavy atom. The number of halogens is 1. The molecular formula is C12H13BrO2. The molecule has 0 radical (unpaired) electrons. The molecular weight excluding hydrogens is 256 g/mol. The van der Waals surface area contributed by atoms with Gasteiger partial charge in [-0.1, -0.05) is 6.92 Å². The van der Waals surface area contributed by atoms with Crippen LogP contribution in [0.4, 0.5) is 0 Å². The van der Waals surface area contributed by atoms with Gasteiger partial charge in [0.25, 0.3) is 0 Å². The lowest BCUT2D eigenvalue weighted by atomic mass is 10.1. The minimum Gasteiger partial charge on any atom is -0.457 e. The summed E-state index contributed by atoms with van der Waals surface area (Å²) in [5, 5.41) is 10.7. The Morgan fingerprint density at radius 3 is 2.80 bits per heavy atom. The van der Waals surface area contributed by atoms with Crippen LogP contribution in [0.3, 0.4) is 0 Å². The average molecular weight is 269 g/mol. The van der Waals surface area contributed by atoms with Gasteiger partial charge in [-0.05, 0) is 53.0 Å². The highest BCUT2D eigenvalue weighted by molar-refractivity contribution is 9.10. The van der Waals surface area contributed by atoms with Crippen LogP contribution in [0.2, 0.25) is 0 Å². The Hall–Kier alpha value is -0.800. The van der Waals surface area contributed by atoms with Gasteiger partial charge in [0.2, 0.25) is 0 Å². The summed E-state index contributed by atoms with van der Waals surface area (Å²) in [5.74, 6) is 0.638. The smallest absolute Gasteiger partial charge is 0.148 e. The predicted molar refractivity (Wildman–Crippen MR) is 63.9 cm³/mol. The summed E-state index contributed by atoms with van der Waals surface area (Å²) in [4.78, 5) is 0. The van der Waals surface area contributed by atoms with Gasteiger partial charge in [0, 0.05) is 5.39 Å². The van der Waals surface area contributed by atoms with Crippen molar-refractivity contribution >= 4 is 26.9 Å². The van der Waals surface area contributed by atoms with Gasteiger partial charge in [-0.3, -0.25) is 0 Å². The maximum Gasteiger partial charge on any atom is 0.148 e. The van der Waals surface area contributed by atoms with E-state index in [-0.39, 0.29) is 0 Å². The van der Waals surface area contributed by atoms with E-state index < -0.39 is 6.10 Å². The molecule has 1 unspecified atom stereocenters. The minimum atomic E-state index is -0.510. The summed E-state index contributed by atoms with van der Waals surface area (Å²) in [6.45, 7) is 3.96. The highest BCUT2D eigenvalue weighted by atomic mass is 79.9. The van der Waals surface area contributed by atoms with E-state index in [1.165, 1.54) is 5.56 Å². The van der Waals surface area contributed by atoms with Crippen LogP contribution in [0.1, 0.15) is 30.8 Å². The second-order valence-corrected chi connectivity index (χ2v) is 4.59. The number of hydrogen-bond acceptors (Lipinski definition) is 2. The third-order valence-electron chi connectivity index (χ3n) is 2.45. The molecule has 1 N–H and O–H groups in total. The van der Waals surface area contributed by atoms with Gasteiger partial charge in [-0.25, -0.2) is 0 Å². The van der Waals surface area contributed by atoms with E-state index in [1.807, 2.05) is 26.0 Å². The molecule has 1 heterocycles. The van der Waals surface area contributed by atoms with Gasteiger partial charge >= 0.3 is 0 Å². The van der Waals surface area contributed by atoms with E-state index in [0.717, 1.165) is 15.4 Å². The van der Waals surface area contributed by atoms with Crippen LogP contribution in [0.5, 0.6) is 0 Å². The van der Waals surface area contributed by atoms with E-state index in [0.29, 0.717) is 12.2 Å². The van der Waals surface area contributed by atoms with E-state index in [2.05, 4.69) is 22.0 Å². The van der Waals surface area contributed by atoms with Crippen molar-refractivity contribution in [2.45, 2.75) is 26.4 Å². The van der Waals surface area contributed by atoms with Crippen molar-refractivity contribution in [1.82, 2.24) is 0 Å².